The first-order chi connectivity index (χ1) is 14.8. The molecule has 1 aromatic rings. The van der Waals surface area contributed by atoms with Crippen LogP contribution in [0.15, 0.2) is 18.2 Å². The first kappa shape index (κ1) is 27.3. The van der Waals surface area contributed by atoms with E-state index in [4.69, 9.17) is 10.5 Å². The Labute approximate surface area is 187 Å². The highest BCUT2D eigenvalue weighted by atomic mass is 32.2. The van der Waals surface area contributed by atoms with Crippen molar-refractivity contribution in [3.8, 4) is 0 Å². The van der Waals surface area contributed by atoms with E-state index in [0.717, 1.165) is 6.26 Å². The molecular weight excluding hydrogens is 480 g/mol. The molecule has 0 unspecified atom stereocenters. The minimum Gasteiger partial charge on any atom is -0.372 e. The highest BCUT2D eigenvalue weighted by Crippen LogP contribution is 2.38. The number of halogens is 6. The van der Waals surface area contributed by atoms with Crippen molar-refractivity contribution in [2.45, 2.75) is 56.2 Å². The molecule has 0 aliphatic carbocycles. The number of nitrogens with two attached hydrogens (primary N) is 1. The molecule has 14 heteroatoms. The molecule has 1 fully saturated rings. The van der Waals surface area contributed by atoms with Gasteiger partial charge in [-0.25, -0.2) is 8.42 Å². The van der Waals surface area contributed by atoms with Crippen LogP contribution in [-0.2, 0) is 31.9 Å². The van der Waals surface area contributed by atoms with Crippen LogP contribution in [-0.4, -0.2) is 44.8 Å². The molecule has 1 aliphatic heterocycles. The number of sulfonamides is 1. The first-order valence-corrected chi connectivity index (χ1v) is 11.6. The van der Waals surface area contributed by atoms with Gasteiger partial charge in [-0.1, -0.05) is 0 Å². The number of benzene rings is 1. The summed E-state index contributed by atoms with van der Waals surface area (Å²) in [6.45, 7) is 2.67. The highest BCUT2D eigenvalue weighted by Gasteiger charge is 2.46. The first-order valence-electron chi connectivity index (χ1n) is 9.71. The van der Waals surface area contributed by atoms with Crippen molar-refractivity contribution >= 4 is 15.9 Å². The van der Waals surface area contributed by atoms with Gasteiger partial charge < -0.3 is 15.8 Å². The summed E-state index contributed by atoms with van der Waals surface area (Å²) in [6.07, 6.45) is -10.0. The Hall–Kier alpha value is -1.90. The van der Waals surface area contributed by atoms with Crippen LogP contribution in [0, 0.1) is 0 Å². The fourth-order valence-corrected chi connectivity index (χ4v) is 4.46. The van der Waals surface area contributed by atoms with Gasteiger partial charge in [-0.3, -0.25) is 4.79 Å². The number of piperidine rings is 1. The van der Waals surface area contributed by atoms with Crippen LogP contribution in [0.5, 0.6) is 0 Å². The Balaban J connectivity index is 2.16. The van der Waals surface area contributed by atoms with Gasteiger partial charge in [0.2, 0.25) is 15.9 Å². The maximum absolute atomic E-state index is 13.1. The fourth-order valence-electron chi connectivity index (χ4n) is 3.47. The zero-order valence-corrected chi connectivity index (χ0v) is 18.8. The van der Waals surface area contributed by atoms with Crippen LogP contribution < -0.4 is 15.8 Å². The normalized spacial score (nSPS) is 25.6. The second-order valence-corrected chi connectivity index (χ2v) is 10.3. The van der Waals surface area contributed by atoms with Crippen LogP contribution >= 0.6 is 0 Å². The Morgan fingerprint density at radius 3 is 2.03 bits per heavy atom. The number of carbonyl (C=O) groups is 1. The summed E-state index contributed by atoms with van der Waals surface area (Å²) in [6, 6.07) is 1.24. The lowest BCUT2D eigenvalue weighted by atomic mass is 9.81. The minimum atomic E-state index is -4.97. The van der Waals surface area contributed by atoms with Gasteiger partial charge in [0.05, 0.1) is 30.1 Å². The minimum absolute atomic E-state index is 0.0123. The molecule has 2 rings (SSSR count). The standard InChI is InChI=1S/C19H25F6N3O4S/c1-11(12-6-13(18(20,21)22)8-14(7-12)19(23,24)25)32-10-16(2)4-5-17(9-27-16,15(26)29)28-33(3,30)31/h6-8,11,27-28H,4-5,9-10H2,1-3H3,(H2,26,29)/t11-,16-,17+/m1/s1. The molecule has 0 aromatic heterocycles. The van der Waals surface area contributed by atoms with Crippen LogP contribution in [0.3, 0.4) is 0 Å². The molecule has 1 aromatic carbocycles. The van der Waals surface area contributed by atoms with Gasteiger partial charge in [-0.05, 0) is 50.5 Å². The molecule has 0 radical (unpaired) electrons. The molecule has 1 saturated heterocycles. The maximum atomic E-state index is 13.1. The number of carbonyl (C=O) groups excluding carboxylic acids is 1. The average molecular weight is 505 g/mol. The van der Waals surface area contributed by atoms with Gasteiger partial charge in [-0.15, -0.1) is 0 Å². The van der Waals surface area contributed by atoms with E-state index in [2.05, 4.69) is 10.0 Å². The van der Waals surface area contributed by atoms with E-state index in [1.165, 1.54) is 6.92 Å². The molecule has 0 saturated carbocycles. The average Bonchev–Trinajstić information content (AvgIpc) is 2.65. The quantitative estimate of drug-likeness (QED) is 0.494. The molecule has 4 N–H and O–H groups in total. The summed E-state index contributed by atoms with van der Waals surface area (Å²) < 4.78 is 110. The summed E-state index contributed by atoms with van der Waals surface area (Å²) in [4.78, 5) is 11.9. The molecule has 1 aliphatic rings. The molecule has 3 atom stereocenters. The maximum Gasteiger partial charge on any atom is 0.416 e. The van der Waals surface area contributed by atoms with E-state index < -0.39 is 56.6 Å². The van der Waals surface area contributed by atoms with Gasteiger partial charge in [0.25, 0.3) is 0 Å². The Bertz CT molecular complexity index is 954. The van der Waals surface area contributed by atoms with Gasteiger partial charge in [0.15, 0.2) is 0 Å². The van der Waals surface area contributed by atoms with E-state index >= 15 is 0 Å². The summed E-state index contributed by atoms with van der Waals surface area (Å²) in [5.41, 5.74) is -0.228. The third kappa shape index (κ3) is 7.04. The Kier molecular flexibility index (Phi) is 7.49. The number of hydrogen-bond acceptors (Lipinski definition) is 5. The summed E-state index contributed by atoms with van der Waals surface area (Å²) >= 11 is 0. The number of primary amides is 1. The van der Waals surface area contributed by atoms with Crippen molar-refractivity contribution in [1.82, 2.24) is 10.0 Å². The number of ether oxygens (including phenoxy) is 1. The zero-order valence-electron chi connectivity index (χ0n) is 18.0. The van der Waals surface area contributed by atoms with E-state index in [1.54, 1.807) is 6.92 Å². The molecule has 1 amide bonds. The number of nitrogens with one attached hydrogen (secondary N) is 2. The van der Waals surface area contributed by atoms with Gasteiger partial charge in [-0.2, -0.15) is 31.1 Å². The van der Waals surface area contributed by atoms with E-state index in [9.17, 15) is 39.6 Å². The molecule has 188 valence electrons. The van der Waals surface area contributed by atoms with Crippen LogP contribution in [0.4, 0.5) is 26.3 Å². The molecule has 7 nitrogen and oxygen atoms in total. The van der Waals surface area contributed by atoms with Crippen molar-refractivity contribution in [3.05, 3.63) is 34.9 Å². The Morgan fingerprint density at radius 1 is 1.15 bits per heavy atom. The molecular formula is C19H25F6N3O4S. The van der Waals surface area contributed by atoms with Crippen LogP contribution in [0.2, 0.25) is 0 Å². The smallest absolute Gasteiger partial charge is 0.372 e. The lowest BCUT2D eigenvalue weighted by molar-refractivity contribution is -0.143. The van der Waals surface area contributed by atoms with Crippen molar-refractivity contribution in [2.75, 3.05) is 19.4 Å². The van der Waals surface area contributed by atoms with Crippen LogP contribution in [0.1, 0.15) is 49.5 Å². The van der Waals surface area contributed by atoms with Gasteiger partial charge in [0, 0.05) is 12.1 Å². The topological polar surface area (TPSA) is 111 Å². The van der Waals surface area contributed by atoms with Gasteiger partial charge in [0.1, 0.15) is 5.54 Å². The third-order valence-electron chi connectivity index (χ3n) is 5.50. The lowest BCUT2D eigenvalue weighted by Gasteiger charge is -2.44. The lowest BCUT2D eigenvalue weighted by Crippen LogP contribution is -2.69. The number of alkyl halides is 6. The molecule has 1 heterocycles. The largest absolute Gasteiger partial charge is 0.416 e. The van der Waals surface area contributed by atoms with E-state index in [-0.39, 0.29) is 37.6 Å². The number of amides is 1. The predicted molar refractivity (Wildman–Crippen MR) is 106 cm³/mol. The third-order valence-corrected chi connectivity index (χ3v) is 6.27. The number of hydrogen-bond donors (Lipinski definition) is 3. The summed E-state index contributed by atoms with van der Waals surface area (Å²) in [5, 5.41) is 2.96. The molecule has 0 bridgehead atoms. The second-order valence-electron chi connectivity index (χ2n) is 8.53. The fraction of sp³-hybridized carbons (Fsp3) is 0.632. The predicted octanol–water partition coefficient (Wildman–Crippen LogP) is 2.72. The second kappa shape index (κ2) is 9.04. The Morgan fingerprint density at radius 2 is 1.67 bits per heavy atom. The molecule has 0 spiro atoms. The van der Waals surface area contributed by atoms with Crippen molar-refractivity contribution < 1.29 is 44.3 Å². The van der Waals surface area contributed by atoms with Crippen molar-refractivity contribution in [2.24, 2.45) is 5.73 Å². The monoisotopic (exact) mass is 505 g/mol. The van der Waals surface area contributed by atoms with Crippen LogP contribution in [0.25, 0.3) is 0 Å². The molecule has 33 heavy (non-hydrogen) atoms. The van der Waals surface area contributed by atoms with E-state index in [1.807, 2.05) is 0 Å². The zero-order chi connectivity index (χ0) is 25.5. The highest BCUT2D eigenvalue weighted by molar-refractivity contribution is 7.88. The summed E-state index contributed by atoms with van der Waals surface area (Å²) in [5.74, 6) is -0.889. The van der Waals surface area contributed by atoms with Crippen molar-refractivity contribution in [3.63, 3.8) is 0 Å². The number of rotatable bonds is 7. The van der Waals surface area contributed by atoms with Crippen molar-refractivity contribution in [1.29, 1.82) is 0 Å². The van der Waals surface area contributed by atoms with Gasteiger partial charge >= 0.3 is 12.4 Å². The summed E-state index contributed by atoms with van der Waals surface area (Å²) in [7, 11) is -3.76. The SMILES string of the molecule is C[C@@H](OC[C@@]1(C)CC[C@@](NS(C)(=O)=O)(C(N)=O)CN1)c1cc(C(F)(F)F)cc(C(F)(F)F)c1. The van der Waals surface area contributed by atoms with E-state index in [0.29, 0.717) is 12.1 Å².